The third-order valence-corrected chi connectivity index (χ3v) is 4.46. The molecular formula is C16H16BrClN4O. The van der Waals surface area contributed by atoms with Crippen LogP contribution in [0.4, 0.5) is 5.69 Å². The molecule has 1 aromatic carbocycles. The van der Waals surface area contributed by atoms with Crippen LogP contribution in [0.1, 0.15) is 12.5 Å². The molecule has 1 atom stereocenters. The number of aryl methyl sites for hydroxylation is 1. The van der Waals surface area contributed by atoms with E-state index in [2.05, 4.69) is 31.3 Å². The van der Waals surface area contributed by atoms with Crippen molar-refractivity contribution in [1.29, 1.82) is 0 Å². The molecule has 5 nitrogen and oxygen atoms in total. The van der Waals surface area contributed by atoms with Gasteiger partial charge in [0, 0.05) is 47.1 Å². The van der Waals surface area contributed by atoms with Gasteiger partial charge in [-0.25, -0.2) is 0 Å². The predicted molar refractivity (Wildman–Crippen MR) is 95.7 cm³/mol. The fraction of sp³-hybridized carbons (Fsp3) is 0.250. The molecule has 0 aliphatic carbocycles. The number of halogens is 2. The number of anilines is 1. The first kappa shape index (κ1) is 16.2. The summed E-state index contributed by atoms with van der Waals surface area (Å²) in [6.45, 7) is 2.09. The summed E-state index contributed by atoms with van der Waals surface area (Å²) in [4.78, 5) is 4.32. The quantitative estimate of drug-likeness (QED) is 0.707. The molecular weight excluding hydrogens is 380 g/mol. The lowest BCUT2D eigenvalue weighted by atomic mass is 9.99. The number of benzene rings is 1. The topological polar surface area (TPSA) is 63.0 Å². The van der Waals surface area contributed by atoms with Crippen LogP contribution in [0.3, 0.4) is 0 Å². The van der Waals surface area contributed by atoms with Crippen molar-refractivity contribution < 1.29 is 5.11 Å². The fourth-order valence-corrected chi connectivity index (χ4v) is 3.26. The average Bonchev–Trinajstić information content (AvgIpc) is 2.93. The summed E-state index contributed by atoms with van der Waals surface area (Å²) in [5.41, 5.74) is 1.30. The molecule has 2 heterocycles. The number of rotatable bonds is 4. The molecule has 0 bridgehead atoms. The van der Waals surface area contributed by atoms with E-state index in [9.17, 15) is 5.11 Å². The molecule has 0 spiro atoms. The van der Waals surface area contributed by atoms with E-state index in [1.807, 2.05) is 25.2 Å². The first-order valence-corrected chi connectivity index (χ1v) is 8.23. The van der Waals surface area contributed by atoms with Crippen LogP contribution in [0.5, 0.6) is 0 Å². The average molecular weight is 396 g/mol. The standard InChI is InChI=1S/C16H16BrClN4O/c1-16(23,10-7-21-22(2)8-10)9-20-14-3-4-19-15-12(14)5-11(17)6-13(15)18/h3-8,23H,9H2,1-2H3,(H,19,20). The summed E-state index contributed by atoms with van der Waals surface area (Å²) >= 11 is 9.69. The van der Waals surface area contributed by atoms with E-state index in [1.54, 1.807) is 30.2 Å². The van der Waals surface area contributed by atoms with E-state index in [4.69, 9.17) is 11.6 Å². The predicted octanol–water partition coefficient (Wildman–Crippen LogP) is 3.70. The van der Waals surface area contributed by atoms with Crippen LogP contribution in [0.25, 0.3) is 10.9 Å². The van der Waals surface area contributed by atoms with Gasteiger partial charge in [-0.3, -0.25) is 9.67 Å². The molecule has 0 aliphatic rings. The van der Waals surface area contributed by atoms with Gasteiger partial charge >= 0.3 is 0 Å². The van der Waals surface area contributed by atoms with Gasteiger partial charge in [-0.1, -0.05) is 27.5 Å². The second-order valence-electron chi connectivity index (χ2n) is 5.67. The summed E-state index contributed by atoms with van der Waals surface area (Å²) in [6, 6.07) is 5.63. The first-order valence-electron chi connectivity index (χ1n) is 7.06. The van der Waals surface area contributed by atoms with Gasteiger partial charge in [0.15, 0.2) is 0 Å². The van der Waals surface area contributed by atoms with Gasteiger partial charge in [-0.15, -0.1) is 0 Å². The Balaban J connectivity index is 1.90. The van der Waals surface area contributed by atoms with Crippen molar-refractivity contribution >= 4 is 44.1 Å². The lowest BCUT2D eigenvalue weighted by Crippen LogP contribution is -2.30. The molecule has 0 saturated heterocycles. The highest BCUT2D eigenvalue weighted by atomic mass is 79.9. The lowest BCUT2D eigenvalue weighted by Gasteiger charge is -2.23. The number of aliphatic hydroxyl groups is 1. The fourth-order valence-electron chi connectivity index (χ4n) is 2.40. The van der Waals surface area contributed by atoms with Crippen LogP contribution in [-0.2, 0) is 12.6 Å². The normalized spacial score (nSPS) is 14.0. The molecule has 0 aliphatic heterocycles. The van der Waals surface area contributed by atoms with Crippen LogP contribution in [0.15, 0.2) is 41.3 Å². The van der Waals surface area contributed by atoms with Gasteiger partial charge in [0.25, 0.3) is 0 Å². The zero-order valence-corrected chi connectivity index (χ0v) is 15.1. The van der Waals surface area contributed by atoms with Gasteiger partial charge in [-0.05, 0) is 25.1 Å². The second kappa shape index (κ2) is 6.11. The third kappa shape index (κ3) is 3.34. The zero-order valence-electron chi connectivity index (χ0n) is 12.7. The molecule has 0 radical (unpaired) electrons. The van der Waals surface area contributed by atoms with Crippen molar-refractivity contribution in [3.8, 4) is 0 Å². The van der Waals surface area contributed by atoms with E-state index in [1.165, 1.54) is 0 Å². The first-order chi connectivity index (χ1) is 10.9. The molecule has 0 amide bonds. The van der Waals surface area contributed by atoms with Crippen LogP contribution >= 0.6 is 27.5 Å². The highest BCUT2D eigenvalue weighted by Gasteiger charge is 2.24. The Morgan fingerprint density at radius 3 is 2.91 bits per heavy atom. The van der Waals surface area contributed by atoms with E-state index in [0.29, 0.717) is 11.6 Å². The Labute approximate surface area is 147 Å². The van der Waals surface area contributed by atoms with Crippen LogP contribution in [0.2, 0.25) is 5.02 Å². The van der Waals surface area contributed by atoms with Crippen molar-refractivity contribution in [2.24, 2.45) is 7.05 Å². The minimum atomic E-state index is -1.04. The Morgan fingerprint density at radius 1 is 1.43 bits per heavy atom. The number of fused-ring (bicyclic) bond motifs is 1. The molecule has 0 saturated carbocycles. The Bertz CT molecular complexity index is 862. The molecule has 2 N–H and O–H groups in total. The molecule has 23 heavy (non-hydrogen) atoms. The lowest BCUT2D eigenvalue weighted by molar-refractivity contribution is 0.0715. The number of aromatic nitrogens is 3. The zero-order chi connectivity index (χ0) is 16.6. The highest BCUT2D eigenvalue weighted by molar-refractivity contribution is 9.10. The number of nitrogens with zero attached hydrogens (tertiary/aromatic N) is 3. The minimum absolute atomic E-state index is 0.335. The van der Waals surface area contributed by atoms with E-state index >= 15 is 0 Å². The summed E-state index contributed by atoms with van der Waals surface area (Å²) in [6.07, 6.45) is 5.17. The second-order valence-corrected chi connectivity index (χ2v) is 7.00. The van der Waals surface area contributed by atoms with Gasteiger partial charge in [0.1, 0.15) is 5.60 Å². The summed E-state index contributed by atoms with van der Waals surface area (Å²) in [7, 11) is 1.82. The van der Waals surface area contributed by atoms with E-state index in [-0.39, 0.29) is 0 Å². The van der Waals surface area contributed by atoms with Crippen molar-refractivity contribution in [3.63, 3.8) is 0 Å². The summed E-state index contributed by atoms with van der Waals surface area (Å²) in [5, 5.41) is 19.5. The van der Waals surface area contributed by atoms with Crippen molar-refractivity contribution in [3.05, 3.63) is 51.8 Å². The summed E-state index contributed by atoms with van der Waals surface area (Å²) < 4.78 is 2.55. The Hall–Kier alpha value is -1.63. The van der Waals surface area contributed by atoms with Gasteiger partial charge < -0.3 is 10.4 Å². The number of nitrogens with one attached hydrogen (secondary N) is 1. The van der Waals surface area contributed by atoms with Gasteiger partial charge in [0.05, 0.1) is 16.7 Å². The van der Waals surface area contributed by atoms with Crippen LogP contribution < -0.4 is 5.32 Å². The van der Waals surface area contributed by atoms with Crippen molar-refractivity contribution in [2.75, 3.05) is 11.9 Å². The molecule has 7 heteroatoms. The maximum absolute atomic E-state index is 10.7. The highest BCUT2D eigenvalue weighted by Crippen LogP contribution is 2.31. The molecule has 120 valence electrons. The maximum atomic E-state index is 10.7. The molecule has 1 unspecified atom stereocenters. The number of hydrogen-bond donors (Lipinski definition) is 2. The largest absolute Gasteiger partial charge is 0.383 e. The van der Waals surface area contributed by atoms with Crippen LogP contribution in [0, 0.1) is 0 Å². The third-order valence-electron chi connectivity index (χ3n) is 3.71. The maximum Gasteiger partial charge on any atom is 0.107 e. The molecule has 2 aromatic heterocycles. The Kier molecular flexibility index (Phi) is 4.31. The molecule has 0 fully saturated rings. The van der Waals surface area contributed by atoms with Gasteiger partial charge in [0.2, 0.25) is 0 Å². The van der Waals surface area contributed by atoms with Crippen molar-refractivity contribution in [1.82, 2.24) is 14.8 Å². The number of hydrogen-bond acceptors (Lipinski definition) is 4. The SMILES string of the molecule is Cn1cc(C(C)(O)CNc2ccnc3c(Cl)cc(Br)cc23)cn1. The summed E-state index contributed by atoms with van der Waals surface area (Å²) in [5.74, 6) is 0. The van der Waals surface area contributed by atoms with Crippen LogP contribution in [-0.4, -0.2) is 26.4 Å². The van der Waals surface area contributed by atoms with Crippen molar-refractivity contribution in [2.45, 2.75) is 12.5 Å². The molecule has 3 aromatic rings. The number of pyridine rings is 1. The Morgan fingerprint density at radius 2 is 2.22 bits per heavy atom. The molecule has 3 rings (SSSR count). The minimum Gasteiger partial charge on any atom is -0.383 e. The van der Waals surface area contributed by atoms with E-state index in [0.717, 1.165) is 26.6 Å². The van der Waals surface area contributed by atoms with Gasteiger partial charge in [-0.2, -0.15) is 5.10 Å². The smallest absolute Gasteiger partial charge is 0.107 e. The van der Waals surface area contributed by atoms with E-state index < -0.39 is 5.60 Å². The monoisotopic (exact) mass is 394 g/mol.